The van der Waals surface area contributed by atoms with E-state index >= 15 is 0 Å². The minimum atomic E-state index is -0.175. The quantitative estimate of drug-likeness (QED) is 0.798. The Bertz CT molecular complexity index is 686. The fourth-order valence-electron chi connectivity index (χ4n) is 1.93. The van der Waals surface area contributed by atoms with E-state index in [1.165, 1.54) is 0 Å². The summed E-state index contributed by atoms with van der Waals surface area (Å²) in [7, 11) is 0. The van der Waals surface area contributed by atoms with E-state index in [9.17, 15) is 4.79 Å². The minimum Gasteiger partial charge on any atom is -0.493 e. The van der Waals surface area contributed by atoms with Crippen LogP contribution in [-0.4, -0.2) is 12.5 Å². The maximum Gasteiger partial charge on any atom is 0.251 e. The van der Waals surface area contributed by atoms with Crippen molar-refractivity contribution in [1.29, 1.82) is 0 Å². The van der Waals surface area contributed by atoms with Gasteiger partial charge in [-0.1, -0.05) is 49.2 Å². The second kappa shape index (κ2) is 8.23. The fraction of sp³-hybridized carbons (Fsp3) is 0.278. The summed E-state index contributed by atoms with van der Waals surface area (Å²) < 4.78 is 5.64. The zero-order valence-electron chi connectivity index (χ0n) is 13.1. The standard InChI is InChI=1S/C18H19Cl2NO2/c1-12(2)11-23-16-5-3-4-13(8-16)18(22)21-10-14-6-7-15(19)9-17(14)20/h3-9,12H,10-11H2,1-2H3,(H,21,22). The molecule has 0 spiro atoms. The van der Waals surface area contributed by atoms with Crippen molar-refractivity contribution in [3.05, 3.63) is 63.6 Å². The van der Waals surface area contributed by atoms with Gasteiger partial charge >= 0.3 is 0 Å². The van der Waals surface area contributed by atoms with Crippen LogP contribution in [0.2, 0.25) is 10.0 Å². The molecule has 2 aromatic rings. The summed E-state index contributed by atoms with van der Waals surface area (Å²) in [6.07, 6.45) is 0. The molecule has 0 saturated carbocycles. The zero-order chi connectivity index (χ0) is 16.8. The molecule has 0 bridgehead atoms. The molecule has 0 aromatic heterocycles. The number of hydrogen-bond donors (Lipinski definition) is 1. The normalized spacial score (nSPS) is 10.7. The van der Waals surface area contributed by atoms with E-state index in [0.29, 0.717) is 40.4 Å². The van der Waals surface area contributed by atoms with Crippen LogP contribution in [0.5, 0.6) is 5.75 Å². The van der Waals surface area contributed by atoms with E-state index in [1.54, 1.807) is 36.4 Å². The Labute approximate surface area is 146 Å². The molecule has 0 atom stereocenters. The van der Waals surface area contributed by atoms with Gasteiger partial charge in [0.15, 0.2) is 0 Å². The van der Waals surface area contributed by atoms with Crippen molar-refractivity contribution >= 4 is 29.1 Å². The average molecular weight is 352 g/mol. The number of nitrogens with one attached hydrogen (secondary N) is 1. The Balaban J connectivity index is 1.99. The lowest BCUT2D eigenvalue weighted by Gasteiger charge is -2.11. The molecule has 0 aliphatic carbocycles. The van der Waals surface area contributed by atoms with Gasteiger partial charge in [-0.05, 0) is 41.8 Å². The molecular weight excluding hydrogens is 333 g/mol. The highest BCUT2D eigenvalue weighted by Crippen LogP contribution is 2.21. The van der Waals surface area contributed by atoms with Crippen molar-refractivity contribution in [2.45, 2.75) is 20.4 Å². The second-order valence-corrected chi connectivity index (χ2v) is 6.49. The molecule has 1 amide bonds. The molecule has 0 aliphatic rings. The van der Waals surface area contributed by atoms with Crippen LogP contribution in [-0.2, 0) is 6.54 Å². The molecule has 2 rings (SSSR count). The highest BCUT2D eigenvalue weighted by atomic mass is 35.5. The van der Waals surface area contributed by atoms with E-state index in [1.807, 2.05) is 6.07 Å². The largest absolute Gasteiger partial charge is 0.493 e. The molecule has 2 aromatic carbocycles. The molecule has 5 heteroatoms. The number of hydrogen-bond acceptors (Lipinski definition) is 2. The summed E-state index contributed by atoms with van der Waals surface area (Å²) >= 11 is 12.0. The molecule has 122 valence electrons. The first kappa shape index (κ1) is 17.6. The lowest BCUT2D eigenvalue weighted by Crippen LogP contribution is -2.23. The smallest absolute Gasteiger partial charge is 0.251 e. The van der Waals surface area contributed by atoms with Crippen LogP contribution in [0, 0.1) is 5.92 Å². The van der Waals surface area contributed by atoms with Crippen LogP contribution >= 0.6 is 23.2 Å². The van der Waals surface area contributed by atoms with E-state index in [4.69, 9.17) is 27.9 Å². The summed E-state index contributed by atoms with van der Waals surface area (Å²) in [5.41, 5.74) is 1.37. The number of benzene rings is 2. The first-order valence-corrected chi connectivity index (χ1v) is 8.16. The van der Waals surface area contributed by atoms with Crippen LogP contribution in [0.3, 0.4) is 0 Å². The molecule has 0 heterocycles. The number of halogens is 2. The van der Waals surface area contributed by atoms with Gasteiger partial charge in [0, 0.05) is 22.2 Å². The summed E-state index contributed by atoms with van der Waals surface area (Å²) in [5.74, 6) is 0.946. The molecule has 1 N–H and O–H groups in total. The monoisotopic (exact) mass is 351 g/mol. The highest BCUT2D eigenvalue weighted by Gasteiger charge is 2.08. The van der Waals surface area contributed by atoms with Gasteiger partial charge in [0.1, 0.15) is 5.75 Å². The van der Waals surface area contributed by atoms with Gasteiger partial charge in [-0.15, -0.1) is 0 Å². The second-order valence-electron chi connectivity index (χ2n) is 5.65. The SMILES string of the molecule is CC(C)COc1cccc(C(=O)NCc2ccc(Cl)cc2Cl)c1. The number of ether oxygens (including phenoxy) is 1. The number of amides is 1. The Hall–Kier alpha value is -1.71. The van der Waals surface area contributed by atoms with Crippen molar-refractivity contribution in [2.75, 3.05) is 6.61 Å². The lowest BCUT2D eigenvalue weighted by molar-refractivity contribution is 0.0950. The third-order valence-electron chi connectivity index (χ3n) is 3.13. The van der Waals surface area contributed by atoms with Gasteiger partial charge in [-0.3, -0.25) is 4.79 Å². The molecule has 3 nitrogen and oxygen atoms in total. The molecule has 0 aliphatic heterocycles. The van der Waals surface area contributed by atoms with Crippen molar-refractivity contribution < 1.29 is 9.53 Å². The predicted octanol–water partition coefficient (Wildman–Crippen LogP) is 4.96. The van der Waals surface area contributed by atoms with Crippen LogP contribution in [0.4, 0.5) is 0 Å². The minimum absolute atomic E-state index is 0.175. The van der Waals surface area contributed by atoms with E-state index < -0.39 is 0 Å². The van der Waals surface area contributed by atoms with Gasteiger partial charge in [-0.25, -0.2) is 0 Å². The molecule has 0 fully saturated rings. The summed E-state index contributed by atoms with van der Waals surface area (Å²) in [4.78, 5) is 12.3. The van der Waals surface area contributed by atoms with Gasteiger partial charge in [0.2, 0.25) is 0 Å². The Morgan fingerprint density at radius 1 is 1.17 bits per heavy atom. The van der Waals surface area contributed by atoms with E-state index in [2.05, 4.69) is 19.2 Å². The maximum absolute atomic E-state index is 12.3. The van der Waals surface area contributed by atoms with Crippen LogP contribution in [0.15, 0.2) is 42.5 Å². The molecule has 0 radical (unpaired) electrons. The highest BCUT2D eigenvalue weighted by molar-refractivity contribution is 6.35. The topological polar surface area (TPSA) is 38.3 Å². The van der Waals surface area contributed by atoms with E-state index in [0.717, 1.165) is 5.56 Å². The third-order valence-corrected chi connectivity index (χ3v) is 3.72. The lowest BCUT2D eigenvalue weighted by atomic mass is 10.2. The van der Waals surface area contributed by atoms with Crippen LogP contribution in [0.25, 0.3) is 0 Å². The van der Waals surface area contributed by atoms with Gasteiger partial charge in [0.25, 0.3) is 5.91 Å². The van der Waals surface area contributed by atoms with Crippen molar-refractivity contribution in [1.82, 2.24) is 5.32 Å². The summed E-state index contributed by atoms with van der Waals surface area (Å²) in [6, 6.07) is 12.3. The summed E-state index contributed by atoms with van der Waals surface area (Å²) in [6.45, 7) is 5.11. The van der Waals surface area contributed by atoms with Gasteiger partial charge < -0.3 is 10.1 Å². The average Bonchev–Trinajstić information content (AvgIpc) is 2.52. The first-order chi connectivity index (χ1) is 11.0. The Kier molecular flexibility index (Phi) is 6.31. The third kappa shape index (κ3) is 5.45. The van der Waals surface area contributed by atoms with Crippen LogP contribution < -0.4 is 10.1 Å². The Morgan fingerprint density at radius 3 is 2.65 bits per heavy atom. The van der Waals surface area contributed by atoms with Crippen molar-refractivity contribution in [3.8, 4) is 5.75 Å². The maximum atomic E-state index is 12.3. The van der Waals surface area contributed by atoms with Crippen molar-refractivity contribution in [3.63, 3.8) is 0 Å². The zero-order valence-corrected chi connectivity index (χ0v) is 14.6. The van der Waals surface area contributed by atoms with Crippen molar-refractivity contribution in [2.24, 2.45) is 5.92 Å². The summed E-state index contributed by atoms with van der Waals surface area (Å²) in [5, 5.41) is 3.95. The Morgan fingerprint density at radius 2 is 1.96 bits per heavy atom. The fourth-order valence-corrected chi connectivity index (χ4v) is 2.41. The van der Waals surface area contributed by atoms with Gasteiger partial charge in [0.05, 0.1) is 6.61 Å². The van der Waals surface area contributed by atoms with Crippen LogP contribution in [0.1, 0.15) is 29.8 Å². The predicted molar refractivity (Wildman–Crippen MR) is 94.4 cm³/mol. The number of rotatable bonds is 6. The first-order valence-electron chi connectivity index (χ1n) is 7.40. The van der Waals surface area contributed by atoms with Gasteiger partial charge in [-0.2, -0.15) is 0 Å². The number of carbonyl (C=O) groups is 1. The molecule has 0 saturated heterocycles. The molecule has 23 heavy (non-hydrogen) atoms. The molecule has 0 unspecified atom stereocenters. The van der Waals surface area contributed by atoms with E-state index in [-0.39, 0.29) is 5.91 Å². The number of carbonyl (C=O) groups excluding carboxylic acids is 1. The molecular formula is C18H19Cl2NO2.